The van der Waals surface area contributed by atoms with Gasteiger partial charge in [-0.05, 0) is 43.9 Å². The number of rotatable bonds is 8. The van der Waals surface area contributed by atoms with Gasteiger partial charge >= 0.3 is 5.97 Å². The van der Waals surface area contributed by atoms with Gasteiger partial charge < -0.3 is 9.84 Å². The van der Waals surface area contributed by atoms with E-state index in [1.807, 2.05) is 31.2 Å². The Bertz CT molecular complexity index is 379. The number of hydrogen-bond acceptors (Lipinski definition) is 2. The minimum absolute atomic E-state index is 0.334. The van der Waals surface area contributed by atoms with E-state index in [4.69, 9.17) is 4.74 Å². The summed E-state index contributed by atoms with van der Waals surface area (Å²) in [7, 11) is 0. The number of halogens is 1. The van der Waals surface area contributed by atoms with Gasteiger partial charge in [-0.1, -0.05) is 28.1 Å². The minimum atomic E-state index is -0.730. The molecule has 3 nitrogen and oxygen atoms in total. The molecular weight excluding hydrogens is 296 g/mol. The number of aliphatic carboxylic acids is 1. The molecule has 1 aromatic carbocycles. The van der Waals surface area contributed by atoms with Crippen LogP contribution in [-0.4, -0.2) is 24.3 Å². The van der Waals surface area contributed by atoms with E-state index in [1.54, 1.807) is 0 Å². The van der Waals surface area contributed by atoms with Gasteiger partial charge in [0, 0.05) is 17.7 Å². The largest absolute Gasteiger partial charge is 0.481 e. The van der Waals surface area contributed by atoms with Gasteiger partial charge in [-0.25, -0.2) is 0 Å². The Hall–Kier alpha value is -0.870. The normalized spacial score (nSPS) is 12.3. The molecule has 0 aliphatic rings. The first-order valence-corrected chi connectivity index (χ1v) is 6.97. The van der Waals surface area contributed by atoms with Crippen molar-refractivity contribution in [1.29, 1.82) is 0 Å². The third kappa shape index (κ3) is 5.65. The van der Waals surface area contributed by atoms with Crippen molar-refractivity contribution in [2.75, 3.05) is 13.2 Å². The molecule has 0 fully saturated rings. The summed E-state index contributed by atoms with van der Waals surface area (Å²) in [5.41, 5.74) is 1.05. The fourth-order valence-corrected chi connectivity index (χ4v) is 2.28. The van der Waals surface area contributed by atoms with Crippen LogP contribution >= 0.6 is 15.9 Å². The van der Waals surface area contributed by atoms with Crippen molar-refractivity contribution in [3.63, 3.8) is 0 Å². The molecule has 0 amide bonds. The molecule has 1 unspecified atom stereocenters. The van der Waals surface area contributed by atoms with Gasteiger partial charge in [-0.3, -0.25) is 4.79 Å². The number of benzene rings is 1. The van der Waals surface area contributed by atoms with Crippen LogP contribution in [0.5, 0.6) is 0 Å². The average Bonchev–Trinajstić information content (AvgIpc) is 2.33. The molecule has 1 rings (SSSR count). The second kappa shape index (κ2) is 8.27. The van der Waals surface area contributed by atoms with Crippen LogP contribution in [0, 0.1) is 5.92 Å². The van der Waals surface area contributed by atoms with Gasteiger partial charge in [0.25, 0.3) is 0 Å². The monoisotopic (exact) mass is 314 g/mol. The lowest BCUT2D eigenvalue weighted by molar-refractivity contribution is -0.142. The van der Waals surface area contributed by atoms with Gasteiger partial charge in [0.1, 0.15) is 0 Å². The predicted octanol–water partition coefficient (Wildman–Crippen LogP) is 3.51. The van der Waals surface area contributed by atoms with Crippen LogP contribution in [0.4, 0.5) is 0 Å². The van der Waals surface area contributed by atoms with Crippen LogP contribution in [0.25, 0.3) is 0 Å². The zero-order valence-electron chi connectivity index (χ0n) is 10.6. The molecule has 0 bridgehead atoms. The highest BCUT2D eigenvalue weighted by Gasteiger charge is 2.17. The van der Waals surface area contributed by atoms with E-state index in [-0.39, 0.29) is 5.92 Å². The summed E-state index contributed by atoms with van der Waals surface area (Å²) < 4.78 is 6.22. The van der Waals surface area contributed by atoms with Crippen LogP contribution in [-0.2, 0) is 16.0 Å². The summed E-state index contributed by atoms with van der Waals surface area (Å²) in [5, 5.41) is 9.21. The van der Waals surface area contributed by atoms with E-state index in [1.165, 1.54) is 0 Å². The maximum absolute atomic E-state index is 11.2. The molecular formula is C14H19BrO3. The molecule has 100 valence electrons. The lowest BCUT2D eigenvalue weighted by Crippen LogP contribution is -2.17. The SMILES string of the molecule is CCOCCCC(Cc1cccc(Br)c1)C(=O)O. The fraction of sp³-hybridized carbons (Fsp3) is 0.500. The standard InChI is InChI=1S/C14H19BrO3/c1-2-18-8-4-6-12(14(16)17)9-11-5-3-7-13(15)10-11/h3,5,7,10,12H,2,4,6,8-9H2,1H3,(H,16,17). The van der Waals surface area contributed by atoms with Gasteiger partial charge in [-0.15, -0.1) is 0 Å². The molecule has 4 heteroatoms. The molecule has 1 atom stereocenters. The lowest BCUT2D eigenvalue weighted by Gasteiger charge is -2.12. The maximum Gasteiger partial charge on any atom is 0.306 e. The predicted molar refractivity (Wildman–Crippen MR) is 74.7 cm³/mol. The Labute approximate surface area is 116 Å². The van der Waals surface area contributed by atoms with Crippen molar-refractivity contribution in [2.24, 2.45) is 5.92 Å². The zero-order valence-corrected chi connectivity index (χ0v) is 12.1. The summed E-state index contributed by atoms with van der Waals surface area (Å²) in [6.45, 7) is 3.26. The van der Waals surface area contributed by atoms with Crippen molar-refractivity contribution >= 4 is 21.9 Å². The Kier molecular flexibility index (Phi) is 6.98. The van der Waals surface area contributed by atoms with Gasteiger partial charge in [-0.2, -0.15) is 0 Å². The van der Waals surface area contributed by atoms with E-state index in [2.05, 4.69) is 15.9 Å². The number of carboxylic acids is 1. The Balaban J connectivity index is 2.50. The molecule has 0 radical (unpaired) electrons. The van der Waals surface area contributed by atoms with E-state index in [9.17, 15) is 9.90 Å². The van der Waals surface area contributed by atoms with E-state index in [0.29, 0.717) is 26.1 Å². The molecule has 1 aromatic rings. The van der Waals surface area contributed by atoms with Gasteiger partial charge in [0.05, 0.1) is 5.92 Å². The van der Waals surface area contributed by atoms with E-state index >= 15 is 0 Å². The van der Waals surface area contributed by atoms with Crippen LogP contribution in [0.2, 0.25) is 0 Å². The van der Waals surface area contributed by atoms with Crippen molar-refractivity contribution in [1.82, 2.24) is 0 Å². The smallest absolute Gasteiger partial charge is 0.306 e. The van der Waals surface area contributed by atoms with Crippen LogP contribution in [0.1, 0.15) is 25.3 Å². The Morgan fingerprint density at radius 2 is 2.28 bits per heavy atom. The van der Waals surface area contributed by atoms with Gasteiger partial charge in [0.15, 0.2) is 0 Å². The summed E-state index contributed by atoms with van der Waals surface area (Å²) in [5.74, 6) is -1.06. The summed E-state index contributed by atoms with van der Waals surface area (Å²) >= 11 is 3.39. The number of ether oxygens (including phenoxy) is 1. The molecule has 0 spiro atoms. The molecule has 0 heterocycles. The molecule has 0 aliphatic heterocycles. The van der Waals surface area contributed by atoms with E-state index < -0.39 is 5.97 Å². The number of carbonyl (C=O) groups is 1. The molecule has 0 aromatic heterocycles. The Morgan fingerprint density at radius 1 is 1.50 bits per heavy atom. The second-order valence-electron chi connectivity index (χ2n) is 4.21. The third-order valence-electron chi connectivity index (χ3n) is 2.77. The first-order valence-electron chi connectivity index (χ1n) is 6.18. The lowest BCUT2D eigenvalue weighted by atomic mass is 9.95. The minimum Gasteiger partial charge on any atom is -0.481 e. The maximum atomic E-state index is 11.2. The van der Waals surface area contributed by atoms with Crippen LogP contribution in [0.3, 0.4) is 0 Å². The first-order chi connectivity index (χ1) is 8.63. The Morgan fingerprint density at radius 3 is 2.89 bits per heavy atom. The highest BCUT2D eigenvalue weighted by molar-refractivity contribution is 9.10. The first kappa shape index (κ1) is 15.2. The van der Waals surface area contributed by atoms with Crippen LogP contribution in [0.15, 0.2) is 28.7 Å². The van der Waals surface area contributed by atoms with Crippen LogP contribution < -0.4 is 0 Å². The fourth-order valence-electron chi connectivity index (χ4n) is 1.84. The van der Waals surface area contributed by atoms with Crippen molar-refractivity contribution in [3.05, 3.63) is 34.3 Å². The van der Waals surface area contributed by atoms with E-state index in [0.717, 1.165) is 16.5 Å². The molecule has 0 saturated heterocycles. The molecule has 0 saturated carbocycles. The zero-order chi connectivity index (χ0) is 13.4. The highest BCUT2D eigenvalue weighted by Crippen LogP contribution is 2.18. The van der Waals surface area contributed by atoms with Gasteiger partial charge in [0.2, 0.25) is 0 Å². The summed E-state index contributed by atoms with van der Waals surface area (Å²) in [6, 6.07) is 7.80. The average molecular weight is 315 g/mol. The second-order valence-corrected chi connectivity index (χ2v) is 5.12. The highest BCUT2D eigenvalue weighted by atomic mass is 79.9. The summed E-state index contributed by atoms with van der Waals surface area (Å²) in [4.78, 5) is 11.2. The quantitative estimate of drug-likeness (QED) is 0.747. The molecule has 18 heavy (non-hydrogen) atoms. The van der Waals surface area contributed by atoms with Crippen molar-refractivity contribution in [3.8, 4) is 0 Å². The van der Waals surface area contributed by atoms with Crippen molar-refractivity contribution < 1.29 is 14.6 Å². The topological polar surface area (TPSA) is 46.5 Å². The van der Waals surface area contributed by atoms with Crippen molar-refractivity contribution in [2.45, 2.75) is 26.2 Å². The summed E-state index contributed by atoms with van der Waals surface area (Å²) in [6.07, 6.45) is 2.02. The number of hydrogen-bond donors (Lipinski definition) is 1. The molecule has 0 aliphatic carbocycles. The third-order valence-corrected chi connectivity index (χ3v) is 3.26. The molecule has 1 N–H and O–H groups in total. The number of carboxylic acid groups (broad SMARTS) is 1.